The average Bonchev–Trinajstić information content (AvgIpc) is 2.48. The number of halogens is 1. The number of nitrogens with one attached hydrogen (secondary N) is 1. The molecule has 0 aliphatic carbocycles. The normalized spacial score (nSPS) is 10.8. The van der Waals surface area contributed by atoms with Crippen LogP contribution >= 0.6 is 23.4 Å². The van der Waals surface area contributed by atoms with Crippen LogP contribution in [0.15, 0.2) is 53.5 Å². The van der Waals surface area contributed by atoms with Crippen molar-refractivity contribution in [2.24, 2.45) is 4.99 Å². The average molecular weight is 318 g/mol. The Hall–Kier alpha value is -2.16. The maximum Gasteiger partial charge on any atom is 0.183 e. The highest BCUT2D eigenvalue weighted by Crippen LogP contribution is 2.32. The zero-order valence-corrected chi connectivity index (χ0v) is 12.8. The first-order valence-corrected chi connectivity index (χ1v) is 7.63. The van der Waals surface area contributed by atoms with Crippen molar-refractivity contribution >= 4 is 34.2 Å². The lowest BCUT2D eigenvalue weighted by atomic mass is 10.3. The Labute approximate surface area is 132 Å². The highest BCUT2D eigenvalue weighted by molar-refractivity contribution is 8.13. The van der Waals surface area contributed by atoms with Crippen LogP contribution in [-0.4, -0.2) is 11.4 Å². The first-order chi connectivity index (χ1) is 10.2. The molecule has 0 saturated heterocycles. The zero-order chi connectivity index (χ0) is 15.1. The van der Waals surface area contributed by atoms with Crippen molar-refractivity contribution in [3.05, 3.63) is 53.6 Å². The van der Waals surface area contributed by atoms with E-state index in [-0.39, 0.29) is 0 Å². The van der Waals surface area contributed by atoms with Gasteiger partial charge in [0.05, 0.1) is 0 Å². The number of ether oxygens (including phenoxy) is 1. The van der Waals surface area contributed by atoms with Gasteiger partial charge in [0.15, 0.2) is 17.1 Å². The number of nitriles is 1. The fraction of sp³-hybridized carbons (Fsp3) is 0.0667. The number of hydrogen-bond donors (Lipinski definition) is 1. The topological polar surface area (TPSA) is 57.4 Å². The van der Waals surface area contributed by atoms with E-state index in [1.807, 2.05) is 48.8 Å². The van der Waals surface area contributed by atoms with Crippen LogP contribution < -0.4 is 10.1 Å². The van der Waals surface area contributed by atoms with Crippen molar-refractivity contribution in [3.8, 4) is 17.7 Å². The molecule has 0 spiro atoms. The van der Waals surface area contributed by atoms with Crippen LogP contribution in [0.25, 0.3) is 0 Å². The molecule has 0 aromatic heterocycles. The minimum Gasteiger partial charge on any atom is -0.455 e. The molecule has 2 aromatic carbocycles. The molecule has 4 nitrogen and oxygen atoms in total. The van der Waals surface area contributed by atoms with E-state index >= 15 is 0 Å². The summed E-state index contributed by atoms with van der Waals surface area (Å²) in [5.74, 6) is 1.22. The summed E-state index contributed by atoms with van der Waals surface area (Å²) >= 11 is 7.29. The van der Waals surface area contributed by atoms with E-state index in [2.05, 4.69) is 10.3 Å². The minimum absolute atomic E-state index is 0.500. The molecule has 0 heterocycles. The molecule has 0 radical (unpaired) electrons. The zero-order valence-electron chi connectivity index (χ0n) is 11.2. The van der Waals surface area contributed by atoms with Gasteiger partial charge in [0.25, 0.3) is 0 Å². The third-order valence-corrected chi connectivity index (χ3v) is 3.28. The van der Waals surface area contributed by atoms with Gasteiger partial charge in [-0.05, 0) is 36.6 Å². The van der Waals surface area contributed by atoms with Crippen molar-refractivity contribution in [2.75, 3.05) is 6.26 Å². The fourth-order valence-electron chi connectivity index (χ4n) is 1.58. The monoisotopic (exact) mass is 317 g/mol. The molecule has 0 unspecified atom stereocenters. The predicted octanol–water partition coefficient (Wildman–Crippen LogP) is 4.55. The van der Waals surface area contributed by atoms with Gasteiger partial charge in [-0.25, -0.2) is 4.99 Å². The van der Waals surface area contributed by atoms with E-state index in [4.69, 9.17) is 21.6 Å². The SMILES string of the molecule is CSC(=Nc1ccccc1Oc1cccc(Cl)c1)NC#N. The van der Waals surface area contributed by atoms with Crippen LogP contribution in [0, 0.1) is 11.5 Å². The van der Waals surface area contributed by atoms with Crippen molar-refractivity contribution in [3.63, 3.8) is 0 Å². The Morgan fingerprint density at radius 3 is 2.81 bits per heavy atom. The molecule has 2 rings (SSSR count). The largest absolute Gasteiger partial charge is 0.455 e. The lowest BCUT2D eigenvalue weighted by Gasteiger charge is -2.09. The van der Waals surface area contributed by atoms with Gasteiger partial charge in [-0.3, -0.25) is 5.32 Å². The van der Waals surface area contributed by atoms with Crippen LogP contribution in [0.4, 0.5) is 5.69 Å². The maximum atomic E-state index is 8.68. The molecule has 6 heteroatoms. The van der Waals surface area contributed by atoms with E-state index in [0.717, 1.165) is 0 Å². The van der Waals surface area contributed by atoms with E-state index in [0.29, 0.717) is 27.4 Å². The number of amidine groups is 1. The molecule has 106 valence electrons. The molecule has 0 aliphatic rings. The van der Waals surface area contributed by atoms with Gasteiger partial charge in [0.1, 0.15) is 11.4 Å². The summed E-state index contributed by atoms with van der Waals surface area (Å²) in [5, 5.41) is 12.3. The van der Waals surface area contributed by atoms with E-state index in [1.54, 1.807) is 12.1 Å². The summed E-state index contributed by atoms with van der Waals surface area (Å²) < 4.78 is 5.80. The van der Waals surface area contributed by atoms with Crippen molar-refractivity contribution in [1.82, 2.24) is 5.32 Å². The quantitative estimate of drug-likeness (QED) is 0.390. The molecule has 0 aliphatic heterocycles. The third kappa shape index (κ3) is 4.42. The molecular formula is C15H12ClN3OS. The van der Waals surface area contributed by atoms with Crippen molar-refractivity contribution < 1.29 is 4.74 Å². The second kappa shape index (κ2) is 7.58. The summed E-state index contributed by atoms with van der Waals surface area (Å²) in [6, 6.07) is 14.5. The Morgan fingerprint density at radius 2 is 2.10 bits per heavy atom. The molecule has 0 atom stereocenters. The third-order valence-electron chi connectivity index (χ3n) is 2.47. The van der Waals surface area contributed by atoms with Gasteiger partial charge in [-0.1, -0.05) is 41.6 Å². The summed E-state index contributed by atoms with van der Waals surface area (Å²) in [7, 11) is 0. The van der Waals surface area contributed by atoms with Gasteiger partial charge >= 0.3 is 0 Å². The number of rotatable bonds is 3. The van der Waals surface area contributed by atoms with E-state index in [1.165, 1.54) is 11.8 Å². The highest BCUT2D eigenvalue weighted by Gasteiger charge is 2.05. The minimum atomic E-state index is 0.500. The second-order valence-electron chi connectivity index (χ2n) is 3.89. The van der Waals surface area contributed by atoms with Gasteiger partial charge in [-0.2, -0.15) is 5.26 Å². The molecular weight excluding hydrogens is 306 g/mol. The van der Waals surface area contributed by atoms with Crippen LogP contribution in [0.3, 0.4) is 0 Å². The van der Waals surface area contributed by atoms with E-state index < -0.39 is 0 Å². The molecule has 0 fully saturated rings. The summed E-state index contributed by atoms with van der Waals surface area (Å²) in [4.78, 5) is 4.37. The number of aliphatic imine (C=N–C) groups is 1. The smallest absolute Gasteiger partial charge is 0.183 e. The van der Waals surface area contributed by atoms with Crippen LogP contribution in [0.1, 0.15) is 0 Å². The number of nitrogens with zero attached hydrogens (tertiary/aromatic N) is 2. The lowest BCUT2D eigenvalue weighted by Crippen LogP contribution is -2.12. The maximum absolute atomic E-state index is 8.68. The number of para-hydroxylation sites is 2. The molecule has 1 N–H and O–H groups in total. The Morgan fingerprint density at radius 1 is 1.29 bits per heavy atom. The number of hydrogen-bond acceptors (Lipinski definition) is 4. The van der Waals surface area contributed by atoms with Gasteiger partial charge in [0.2, 0.25) is 0 Å². The lowest BCUT2D eigenvalue weighted by molar-refractivity contribution is 0.484. The van der Waals surface area contributed by atoms with Crippen molar-refractivity contribution in [2.45, 2.75) is 0 Å². The summed E-state index contributed by atoms with van der Waals surface area (Å²) in [6.07, 6.45) is 3.69. The molecule has 0 saturated carbocycles. The standard InChI is InChI=1S/C15H12ClN3OS/c1-21-15(18-10-17)19-13-7-2-3-8-14(13)20-12-6-4-5-11(16)9-12/h2-9H,1H3,(H,18,19). The molecule has 21 heavy (non-hydrogen) atoms. The predicted molar refractivity (Wildman–Crippen MR) is 87.3 cm³/mol. The first kappa shape index (κ1) is 15.2. The van der Waals surface area contributed by atoms with Crippen molar-refractivity contribution in [1.29, 1.82) is 5.26 Å². The van der Waals surface area contributed by atoms with Crippen LogP contribution in [-0.2, 0) is 0 Å². The van der Waals surface area contributed by atoms with Crippen LogP contribution in [0.5, 0.6) is 11.5 Å². The highest BCUT2D eigenvalue weighted by atomic mass is 35.5. The van der Waals surface area contributed by atoms with Crippen LogP contribution in [0.2, 0.25) is 5.02 Å². The number of thioether (sulfide) groups is 1. The Bertz CT molecular complexity index is 697. The summed E-state index contributed by atoms with van der Waals surface area (Å²) in [5.41, 5.74) is 0.629. The van der Waals surface area contributed by atoms with E-state index in [9.17, 15) is 0 Å². The fourth-order valence-corrected chi connectivity index (χ4v) is 2.09. The van der Waals surface area contributed by atoms with Gasteiger partial charge < -0.3 is 4.74 Å². The van der Waals surface area contributed by atoms with Gasteiger partial charge in [-0.15, -0.1) is 0 Å². The number of benzene rings is 2. The summed E-state index contributed by atoms with van der Waals surface area (Å²) in [6.45, 7) is 0. The van der Waals surface area contributed by atoms with Gasteiger partial charge in [0, 0.05) is 5.02 Å². The Balaban J connectivity index is 2.31. The molecule has 0 amide bonds. The molecule has 2 aromatic rings. The Kier molecular flexibility index (Phi) is 5.50. The molecule has 0 bridgehead atoms. The first-order valence-electron chi connectivity index (χ1n) is 6.03. The second-order valence-corrected chi connectivity index (χ2v) is 5.12.